The van der Waals surface area contributed by atoms with Crippen molar-refractivity contribution in [2.75, 3.05) is 19.5 Å². The molecule has 2 aromatic carbocycles. The topological polar surface area (TPSA) is 78.6 Å². The number of nitrogens with one attached hydrogen (secondary N) is 1. The number of para-hydroxylation sites is 1. The molecule has 25 heavy (non-hydrogen) atoms. The van der Waals surface area contributed by atoms with Gasteiger partial charge in [0.05, 0.1) is 20.8 Å². The van der Waals surface area contributed by atoms with Crippen LogP contribution in [0.4, 0.5) is 5.69 Å². The van der Waals surface area contributed by atoms with Gasteiger partial charge in [-0.25, -0.2) is 0 Å². The van der Waals surface area contributed by atoms with Gasteiger partial charge in [-0.1, -0.05) is 18.2 Å². The SMILES string of the molecule is COc1ccc(NCc2nnc(COc3ccccc3)o2)cc1OC. The summed E-state index contributed by atoms with van der Waals surface area (Å²) in [6.45, 7) is 0.626. The van der Waals surface area contributed by atoms with Crippen LogP contribution in [0.5, 0.6) is 17.2 Å². The van der Waals surface area contributed by atoms with E-state index >= 15 is 0 Å². The predicted octanol–water partition coefficient (Wildman–Crippen LogP) is 3.28. The van der Waals surface area contributed by atoms with Gasteiger partial charge in [0, 0.05) is 11.8 Å². The number of methoxy groups -OCH3 is 2. The van der Waals surface area contributed by atoms with Crippen molar-refractivity contribution >= 4 is 5.69 Å². The molecule has 0 saturated carbocycles. The first-order chi connectivity index (χ1) is 12.3. The summed E-state index contributed by atoms with van der Waals surface area (Å²) < 4.78 is 21.6. The molecule has 3 rings (SSSR count). The second-order valence-corrected chi connectivity index (χ2v) is 5.11. The predicted molar refractivity (Wildman–Crippen MR) is 91.9 cm³/mol. The Hall–Kier alpha value is -3.22. The Kier molecular flexibility index (Phi) is 5.36. The Morgan fingerprint density at radius 3 is 2.44 bits per heavy atom. The lowest BCUT2D eigenvalue weighted by Crippen LogP contribution is -2.00. The molecule has 0 unspecified atom stereocenters. The standard InChI is InChI=1S/C18H19N3O4/c1-22-15-9-8-13(10-16(15)23-2)19-11-17-20-21-18(25-17)12-24-14-6-4-3-5-7-14/h3-10,19H,11-12H2,1-2H3. The molecule has 1 N–H and O–H groups in total. The van der Waals surface area contributed by atoms with E-state index in [0.29, 0.717) is 29.8 Å². The van der Waals surface area contributed by atoms with Crippen LogP contribution in [0.2, 0.25) is 0 Å². The van der Waals surface area contributed by atoms with Gasteiger partial charge < -0.3 is 23.9 Å². The third-order valence-corrected chi connectivity index (χ3v) is 3.44. The van der Waals surface area contributed by atoms with Crippen LogP contribution in [-0.2, 0) is 13.2 Å². The number of hydrogen-bond donors (Lipinski definition) is 1. The summed E-state index contributed by atoms with van der Waals surface area (Å²) in [6, 6.07) is 15.0. The van der Waals surface area contributed by atoms with Gasteiger partial charge in [0.1, 0.15) is 5.75 Å². The van der Waals surface area contributed by atoms with Crippen LogP contribution >= 0.6 is 0 Å². The zero-order chi connectivity index (χ0) is 17.5. The maximum Gasteiger partial charge on any atom is 0.253 e. The van der Waals surface area contributed by atoms with Crippen LogP contribution in [-0.4, -0.2) is 24.4 Å². The van der Waals surface area contributed by atoms with Gasteiger partial charge in [-0.05, 0) is 24.3 Å². The molecule has 0 radical (unpaired) electrons. The van der Waals surface area contributed by atoms with Crippen molar-refractivity contribution in [2.24, 2.45) is 0 Å². The number of anilines is 1. The average molecular weight is 341 g/mol. The van der Waals surface area contributed by atoms with Crippen LogP contribution in [0.1, 0.15) is 11.8 Å². The summed E-state index contributed by atoms with van der Waals surface area (Å²) in [7, 11) is 3.20. The lowest BCUT2D eigenvalue weighted by Gasteiger charge is -2.10. The molecule has 7 heteroatoms. The van der Waals surface area contributed by atoms with Crippen molar-refractivity contribution in [1.82, 2.24) is 10.2 Å². The van der Waals surface area contributed by atoms with Gasteiger partial charge in [-0.2, -0.15) is 0 Å². The fraction of sp³-hybridized carbons (Fsp3) is 0.222. The number of rotatable bonds is 8. The average Bonchev–Trinajstić information content (AvgIpc) is 3.13. The second-order valence-electron chi connectivity index (χ2n) is 5.11. The lowest BCUT2D eigenvalue weighted by atomic mass is 10.2. The van der Waals surface area contributed by atoms with Crippen LogP contribution in [0.15, 0.2) is 52.9 Å². The van der Waals surface area contributed by atoms with Crippen LogP contribution < -0.4 is 19.5 Å². The van der Waals surface area contributed by atoms with E-state index in [9.17, 15) is 0 Å². The normalized spacial score (nSPS) is 10.3. The molecule has 0 fully saturated rings. The highest BCUT2D eigenvalue weighted by Crippen LogP contribution is 2.29. The highest BCUT2D eigenvalue weighted by Gasteiger charge is 2.08. The fourth-order valence-electron chi connectivity index (χ4n) is 2.20. The summed E-state index contributed by atoms with van der Waals surface area (Å²) in [5.74, 6) is 2.97. The van der Waals surface area contributed by atoms with Crippen molar-refractivity contribution in [3.05, 3.63) is 60.3 Å². The summed E-state index contributed by atoms with van der Waals surface area (Å²) in [4.78, 5) is 0. The molecule has 0 aliphatic carbocycles. The Morgan fingerprint density at radius 1 is 0.920 bits per heavy atom. The Balaban J connectivity index is 1.55. The molecule has 0 spiro atoms. The van der Waals surface area contributed by atoms with Crippen molar-refractivity contribution < 1.29 is 18.6 Å². The highest BCUT2D eigenvalue weighted by molar-refractivity contribution is 5.54. The molecule has 1 heterocycles. The van der Waals surface area contributed by atoms with Gasteiger partial charge in [0.2, 0.25) is 5.89 Å². The molecular formula is C18H19N3O4. The van der Waals surface area contributed by atoms with E-state index < -0.39 is 0 Å². The smallest absolute Gasteiger partial charge is 0.253 e. The molecule has 0 aliphatic heterocycles. The van der Waals surface area contributed by atoms with E-state index in [-0.39, 0.29) is 6.61 Å². The quantitative estimate of drug-likeness (QED) is 0.673. The van der Waals surface area contributed by atoms with Crippen LogP contribution in [0.3, 0.4) is 0 Å². The number of ether oxygens (including phenoxy) is 3. The molecule has 0 saturated heterocycles. The Labute approximate surface area is 145 Å². The zero-order valence-corrected chi connectivity index (χ0v) is 14.1. The van der Waals surface area contributed by atoms with Crippen molar-refractivity contribution in [1.29, 1.82) is 0 Å². The van der Waals surface area contributed by atoms with Gasteiger partial charge in [0.15, 0.2) is 18.1 Å². The molecule has 0 bridgehead atoms. The molecule has 7 nitrogen and oxygen atoms in total. The van der Waals surface area contributed by atoms with Crippen LogP contribution in [0.25, 0.3) is 0 Å². The Bertz CT molecular complexity index is 805. The minimum absolute atomic E-state index is 0.230. The fourth-order valence-corrected chi connectivity index (χ4v) is 2.20. The Morgan fingerprint density at radius 2 is 1.68 bits per heavy atom. The minimum Gasteiger partial charge on any atom is -0.493 e. The molecular weight excluding hydrogens is 322 g/mol. The van der Waals surface area contributed by atoms with Crippen molar-refractivity contribution in [2.45, 2.75) is 13.2 Å². The molecule has 3 aromatic rings. The molecule has 130 valence electrons. The van der Waals surface area contributed by atoms with Gasteiger partial charge in [-0.3, -0.25) is 0 Å². The third kappa shape index (κ3) is 4.41. The number of hydrogen-bond acceptors (Lipinski definition) is 7. The monoisotopic (exact) mass is 341 g/mol. The molecule has 0 atom stereocenters. The van der Waals surface area contributed by atoms with Gasteiger partial charge in [0.25, 0.3) is 5.89 Å². The third-order valence-electron chi connectivity index (χ3n) is 3.44. The zero-order valence-electron chi connectivity index (χ0n) is 14.1. The summed E-state index contributed by atoms with van der Waals surface area (Å²) in [5, 5.41) is 11.2. The molecule has 0 aliphatic rings. The molecule has 0 amide bonds. The summed E-state index contributed by atoms with van der Waals surface area (Å²) >= 11 is 0. The maximum atomic E-state index is 5.58. The first kappa shape index (κ1) is 16.6. The van der Waals surface area contributed by atoms with Gasteiger partial charge >= 0.3 is 0 Å². The largest absolute Gasteiger partial charge is 0.493 e. The van der Waals surface area contributed by atoms with Crippen LogP contribution in [0, 0.1) is 0 Å². The number of benzene rings is 2. The van der Waals surface area contributed by atoms with E-state index in [1.807, 2.05) is 48.5 Å². The van der Waals surface area contributed by atoms with Crippen molar-refractivity contribution in [3.8, 4) is 17.2 Å². The van der Waals surface area contributed by atoms with E-state index in [1.54, 1.807) is 14.2 Å². The van der Waals surface area contributed by atoms with E-state index in [0.717, 1.165) is 11.4 Å². The minimum atomic E-state index is 0.230. The van der Waals surface area contributed by atoms with Gasteiger partial charge in [-0.15, -0.1) is 10.2 Å². The first-order valence-electron chi connectivity index (χ1n) is 7.73. The highest BCUT2D eigenvalue weighted by atomic mass is 16.5. The van der Waals surface area contributed by atoms with Crippen molar-refractivity contribution in [3.63, 3.8) is 0 Å². The summed E-state index contributed by atoms with van der Waals surface area (Å²) in [5.41, 5.74) is 0.859. The number of aromatic nitrogens is 2. The van der Waals surface area contributed by atoms with E-state index in [2.05, 4.69) is 15.5 Å². The van der Waals surface area contributed by atoms with E-state index in [1.165, 1.54) is 0 Å². The molecule has 1 aromatic heterocycles. The number of nitrogens with zero attached hydrogens (tertiary/aromatic N) is 2. The second kappa shape index (κ2) is 8.05. The summed E-state index contributed by atoms with van der Waals surface area (Å²) in [6.07, 6.45) is 0. The maximum absolute atomic E-state index is 5.58. The lowest BCUT2D eigenvalue weighted by molar-refractivity contribution is 0.259. The first-order valence-corrected chi connectivity index (χ1v) is 7.73. The van der Waals surface area contributed by atoms with E-state index in [4.69, 9.17) is 18.6 Å².